The molecular weight excluding hydrogens is 294 g/mol. The zero-order valence-electron chi connectivity index (χ0n) is 13.9. The Balaban J connectivity index is 1.75. The summed E-state index contributed by atoms with van der Waals surface area (Å²) in [4.78, 5) is 17.8. The molecule has 2 heterocycles. The molecule has 0 aromatic carbocycles. The third-order valence-electron chi connectivity index (χ3n) is 4.36. The zero-order chi connectivity index (χ0) is 15.8. The van der Waals surface area contributed by atoms with Crippen LogP contribution in [0.4, 0.5) is 4.79 Å². The van der Waals surface area contributed by atoms with Gasteiger partial charge in [-0.25, -0.2) is 4.79 Å². The van der Waals surface area contributed by atoms with Gasteiger partial charge in [0.1, 0.15) is 0 Å². The molecule has 22 heavy (non-hydrogen) atoms. The molecule has 1 atom stereocenters. The monoisotopic (exact) mass is 323 g/mol. The molecule has 5 heteroatoms. The largest absolute Gasteiger partial charge is 0.336 e. The van der Waals surface area contributed by atoms with E-state index in [2.05, 4.69) is 28.6 Å². The van der Waals surface area contributed by atoms with Gasteiger partial charge in [0.05, 0.1) is 6.54 Å². The molecule has 0 bridgehead atoms. The van der Waals surface area contributed by atoms with Crippen molar-refractivity contribution in [1.29, 1.82) is 0 Å². The van der Waals surface area contributed by atoms with Gasteiger partial charge in [-0.1, -0.05) is 25.8 Å². The predicted octanol–water partition coefficient (Wildman–Crippen LogP) is 3.54. The minimum Gasteiger partial charge on any atom is -0.336 e. The van der Waals surface area contributed by atoms with Crippen LogP contribution in [0.5, 0.6) is 0 Å². The lowest BCUT2D eigenvalue weighted by atomic mass is 10.0. The van der Waals surface area contributed by atoms with Crippen molar-refractivity contribution in [1.82, 2.24) is 15.1 Å². The van der Waals surface area contributed by atoms with Crippen LogP contribution < -0.4 is 5.32 Å². The van der Waals surface area contributed by atoms with Crippen molar-refractivity contribution >= 4 is 17.4 Å². The Morgan fingerprint density at radius 2 is 2.36 bits per heavy atom. The van der Waals surface area contributed by atoms with E-state index >= 15 is 0 Å². The van der Waals surface area contributed by atoms with Gasteiger partial charge < -0.3 is 10.2 Å². The minimum absolute atomic E-state index is 0.0365. The Hall–Kier alpha value is -1.07. The van der Waals surface area contributed by atoms with Gasteiger partial charge >= 0.3 is 6.03 Å². The number of carbonyl (C=O) groups excluding carboxylic acids is 1. The molecular formula is C17H29N3OS. The maximum Gasteiger partial charge on any atom is 0.317 e. The number of piperidine rings is 1. The molecule has 1 saturated heterocycles. The predicted molar refractivity (Wildman–Crippen MR) is 93.3 cm³/mol. The van der Waals surface area contributed by atoms with Crippen molar-refractivity contribution < 1.29 is 4.79 Å². The van der Waals surface area contributed by atoms with Crippen molar-refractivity contribution in [2.75, 3.05) is 26.7 Å². The summed E-state index contributed by atoms with van der Waals surface area (Å²) in [6, 6.07) is 4.65. The molecule has 124 valence electrons. The normalized spacial score (nSPS) is 19.1. The summed E-state index contributed by atoms with van der Waals surface area (Å²) in [7, 11) is 1.87. The van der Waals surface area contributed by atoms with E-state index in [0.29, 0.717) is 12.6 Å². The number of nitrogens with zero attached hydrogens (tertiary/aromatic N) is 2. The van der Waals surface area contributed by atoms with Gasteiger partial charge in [-0.05, 0) is 43.8 Å². The fourth-order valence-electron chi connectivity index (χ4n) is 2.99. The number of amides is 2. The fraction of sp³-hybridized carbons (Fsp3) is 0.706. The van der Waals surface area contributed by atoms with Crippen molar-refractivity contribution in [2.45, 2.75) is 51.6 Å². The summed E-state index contributed by atoms with van der Waals surface area (Å²) in [6.45, 7) is 6.05. The van der Waals surface area contributed by atoms with Crippen molar-refractivity contribution in [2.24, 2.45) is 0 Å². The number of nitrogens with one attached hydrogen (secondary N) is 1. The topological polar surface area (TPSA) is 35.6 Å². The van der Waals surface area contributed by atoms with Gasteiger partial charge in [-0.2, -0.15) is 0 Å². The van der Waals surface area contributed by atoms with E-state index in [1.807, 2.05) is 13.1 Å². The molecule has 1 aromatic rings. The van der Waals surface area contributed by atoms with Crippen molar-refractivity contribution in [3.8, 4) is 0 Å². The lowest BCUT2D eigenvalue weighted by Gasteiger charge is -2.36. The summed E-state index contributed by atoms with van der Waals surface area (Å²) >= 11 is 1.69. The number of urea groups is 1. The maximum absolute atomic E-state index is 12.2. The van der Waals surface area contributed by atoms with Crippen molar-refractivity contribution in [3.05, 3.63) is 22.4 Å². The molecule has 2 amide bonds. The third kappa shape index (κ3) is 5.29. The molecule has 0 saturated carbocycles. The number of thiophene rings is 1. The molecule has 2 rings (SSSR count). The third-order valence-corrected chi connectivity index (χ3v) is 5.22. The van der Waals surface area contributed by atoms with Crippen LogP contribution in [0.15, 0.2) is 17.5 Å². The van der Waals surface area contributed by atoms with Gasteiger partial charge in [-0.15, -0.1) is 11.3 Å². The summed E-state index contributed by atoms with van der Waals surface area (Å²) in [5.74, 6) is 0. The van der Waals surface area contributed by atoms with Crippen LogP contribution in [0.2, 0.25) is 0 Å². The molecule has 1 fully saturated rings. The average Bonchev–Trinajstić information content (AvgIpc) is 3.04. The van der Waals surface area contributed by atoms with E-state index in [-0.39, 0.29) is 6.03 Å². The van der Waals surface area contributed by atoms with Gasteiger partial charge in [0.2, 0.25) is 0 Å². The molecule has 1 unspecified atom stereocenters. The number of unbranched alkanes of at least 4 members (excludes halogenated alkanes) is 1. The van der Waals surface area contributed by atoms with Crippen LogP contribution in [-0.4, -0.2) is 48.6 Å². The van der Waals surface area contributed by atoms with Crippen molar-refractivity contribution in [3.63, 3.8) is 0 Å². The van der Waals surface area contributed by atoms with Crippen LogP contribution in [0.25, 0.3) is 0 Å². The fourth-order valence-corrected chi connectivity index (χ4v) is 3.75. The quantitative estimate of drug-likeness (QED) is 0.833. The first-order valence-corrected chi connectivity index (χ1v) is 9.34. The van der Waals surface area contributed by atoms with E-state index in [9.17, 15) is 4.79 Å². The number of carbonyl (C=O) groups is 1. The van der Waals surface area contributed by atoms with Gasteiger partial charge in [0, 0.05) is 24.5 Å². The van der Waals surface area contributed by atoms with Crippen LogP contribution in [-0.2, 0) is 6.54 Å². The lowest BCUT2D eigenvalue weighted by molar-refractivity contribution is 0.141. The molecule has 0 aliphatic carbocycles. The highest BCUT2D eigenvalue weighted by Crippen LogP contribution is 2.17. The summed E-state index contributed by atoms with van der Waals surface area (Å²) in [5, 5.41) is 5.17. The molecule has 1 aromatic heterocycles. The Bertz CT molecular complexity index is 435. The number of likely N-dealkylation sites (tertiary alicyclic amines) is 1. The minimum atomic E-state index is 0.0365. The Morgan fingerprint density at radius 3 is 3.09 bits per heavy atom. The molecule has 0 radical (unpaired) electrons. The second-order valence-corrected chi connectivity index (χ2v) is 7.19. The van der Waals surface area contributed by atoms with E-state index in [1.54, 1.807) is 16.2 Å². The van der Waals surface area contributed by atoms with Crippen LogP contribution in [0, 0.1) is 0 Å². The maximum atomic E-state index is 12.2. The van der Waals surface area contributed by atoms with E-state index in [0.717, 1.165) is 6.54 Å². The Kier molecular flexibility index (Phi) is 7.19. The Labute approximate surface area is 138 Å². The molecule has 4 nitrogen and oxygen atoms in total. The van der Waals surface area contributed by atoms with E-state index in [4.69, 9.17) is 0 Å². The van der Waals surface area contributed by atoms with Crippen LogP contribution in [0.3, 0.4) is 0 Å². The summed E-state index contributed by atoms with van der Waals surface area (Å²) < 4.78 is 0. The van der Waals surface area contributed by atoms with Crippen LogP contribution in [0.1, 0.15) is 43.9 Å². The lowest BCUT2D eigenvalue weighted by Crippen LogP contribution is -2.49. The number of hydrogen-bond donors (Lipinski definition) is 1. The molecule has 1 aliphatic rings. The van der Waals surface area contributed by atoms with Crippen LogP contribution >= 0.6 is 11.3 Å². The standard InChI is InChI=1S/C17H29N3OS/c1-3-4-10-20-11-6-5-8-15(20)13-18-17(21)19(2)14-16-9-7-12-22-16/h7,9,12,15H,3-6,8,10-11,13-14H2,1-2H3,(H,18,21). The van der Waals surface area contributed by atoms with E-state index in [1.165, 1.54) is 50.1 Å². The first-order chi connectivity index (χ1) is 10.7. The molecule has 0 spiro atoms. The highest BCUT2D eigenvalue weighted by Gasteiger charge is 2.22. The highest BCUT2D eigenvalue weighted by molar-refractivity contribution is 7.09. The molecule has 1 N–H and O–H groups in total. The van der Waals surface area contributed by atoms with Gasteiger partial charge in [0.15, 0.2) is 0 Å². The number of rotatable bonds is 7. The number of hydrogen-bond acceptors (Lipinski definition) is 3. The second kappa shape index (κ2) is 9.16. The van der Waals surface area contributed by atoms with Gasteiger partial charge in [0.25, 0.3) is 0 Å². The second-order valence-electron chi connectivity index (χ2n) is 6.16. The summed E-state index contributed by atoms with van der Waals surface area (Å²) in [6.07, 6.45) is 6.28. The van der Waals surface area contributed by atoms with E-state index < -0.39 is 0 Å². The smallest absolute Gasteiger partial charge is 0.317 e. The zero-order valence-corrected chi connectivity index (χ0v) is 14.7. The van der Waals surface area contributed by atoms with Gasteiger partial charge in [-0.3, -0.25) is 4.90 Å². The average molecular weight is 324 g/mol. The first kappa shape index (κ1) is 17.3. The Morgan fingerprint density at radius 1 is 1.50 bits per heavy atom. The highest BCUT2D eigenvalue weighted by atomic mass is 32.1. The molecule has 1 aliphatic heterocycles. The summed E-state index contributed by atoms with van der Waals surface area (Å²) in [5.41, 5.74) is 0. The first-order valence-electron chi connectivity index (χ1n) is 8.46. The SMILES string of the molecule is CCCCN1CCCCC1CNC(=O)N(C)Cc1cccs1.